The second kappa shape index (κ2) is 7.13. The molecular formula is C15H17Cl2N3O2. The van der Waals surface area contributed by atoms with Crippen molar-refractivity contribution in [2.45, 2.75) is 13.0 Å². The molecule has 1 amide bonds. The Bertz CT molecular complexity index is 660. The predicted octanol–water partition coefficient (Wildman–Crippen LogP) is 2.85. The Morgan fingerprint density at radius 3 is 3.00 bits per heavy atom. The molecule has 0 radical (unpaired) electrons. The highest BCUT2D eigenvalue weighted by Crippen LogP contribution is 2.23. The van der Waals surface area contributed by atoms with Gasteiger partial charge in [0.05, 0.1) is 0 Å². The monoisotopic (exact) mass is 341 g/mol. The fraction of sp³-hybridized carbons (Fsp3) is 0.333. The molecule has 1 aromatic carbocycles. The second-order valence-electron chi connectivity index (χ2n) is 5.14. The molecule has 1 N–H and O–H groups in total. The molecule has 5 nitrogen and oxygen atoms in total. The molecule has 1 saturated heterocycles. The third kappa shape index (κ3) is 3.43. The highest BCUT2D eigenvalue weighted by molar-refractivity contribution is 6.30. The number of nitrogens with zero attached hydrogens (tertiary/aromatic N) is 2. The van der Waals surface area contributed by atoms with Crippen molar-refractivity contribution in [2.75, 3.05) is 19.6 Å². The average molecular weight is 342 g/mol. The van der Waals surface area contributed by atoms with E-state index in [1.807, 2.05) is 19.1 Å². The summed E-state index contributed by atoms with van der Waals surface area (Å²) < 4.78 is 5.22. The summed E-state index contributed by atoms with van der Waals surface area (Å²) >= 11 is 5.96. The van der Waals surface area contributed by atoms with Gasteiger partial charge in [-0.2, -0.15) is 0 Å². The van der Waals surface area contributed by atoms with E-state index in [0.717, 1.165) is 18.7 Å². The number of nitrogens with one attached hydrogen (secondary N) is 1. The Balaban J connectivity index is 0.00000176. The maximum absolute atomic E-state index is 12.5. The third-order valence-corrected chi connectivity index (χ3v) is 3.84. The Kier molecular flexibility index (Phi) is 5.45. The lowest BCUT2D eigenvalue weighted by Crippen LogP contribution is -2.52. The SMILES string of the molecule is C[C@H]1CNCCN1C(=O)c1cc(-c2cccc(Cl)c2)no1.Cl. The van der Waals surface area contributed by atoms with Gasteiger partial charge in [0.2, 0.25) is 5.76 Å². The fourth-order valence-corrected chi connectivity index (χ4v) is 2.63. The quantitative estimate of drug-likeness (QED) is 0.912. The molecule has 2 heterocycles. The predicted molar refractivity (Wildman–Crippen MR) is 87.6 cm³/mol. The Morgan fingerprint density at radius 2 is 2.27 bits per heavy atom. The Labute approximate surface area is 140 Å². The molecular weight excluding hydrogens is 325 g/mol. The minimum Gasteiger partial charge on any atom is -0.350 e. The van der Waals surface area contributed by atoms with E-state index >= 15 is 0 Å². The van der Waals surface area contributed by atoms with Crippen molar-refractivity contribution in [2.24, 2.45) is 0 Å². The van der Waals surface area contributed by atoms with Crippen molar-refractivity contribution in [3.63, 3.8) is 0 Å². The molecule has 7 heteroatoms. The van der Waals surface area contributed by atoms with Gasteiger partial charge >= 0.3 is 0 Å². The van der Waals surface area contributed by atoms with E-state index in [2.05, 4.69) is 10.5 Å². The van der Waals surface area contributed by atoms with E-state index in [9.17, 15) is 4.79 Å². The maximum Gasteiger partial charge on any atom is 0.292 e. The molecule has 22 heavy (non-hydrogen) atoms. The number of carbonyl (C=O) groups excluding carboxylic acids is 1. The van der Waals surface area contributed by atoms with Crippen LogP contribution in [-0.4, -0.2) is 41.6 Å². The summed E-state index contributed by atoms with van der Waals surface area (Å²) in [5.41, 5.74) is 1.45. The van der Waals surface area contributed by atoms with Crippen molar-refractivity contribution < 1.29 is 9.32 Å². The molecule has 1 aliphatic rings. The van der Waals surface area contributed by atoms with Gasteiger partial charge in [-0.25, -0.2) is 0 Å². The molecule has 1 atom stereocenters. The standard InChI is InChI=1S/C15H16ClN3O2.ClH/c1-10-9-17-5-6-19(10)15(20)14-8-13(18-21-14)11-3-2-4-12(16)7-11;/h2-4,7-8,10,17H,5-6,9H2,1H3;1H/t10-;/m0./s1. The zero-order chi connectivity index (χ0) is 14.8. The van der Waals surface area contributed by atoms with Crippen LogP contribution < -0.4 is 5.32 Å². The van der Waals surface area contributed by atoms with E-state index in [0.29, 0.717) is 17.3 Å². The number of aromatic nitrogens is 1. The summed E-state index contributed by atoms with van der Waals surface area (Å²) in [5.74, 6) is 0.142. The molecule has 2 aromatic rings. The van der Waals surface area contributed by atoms with Crippen LogP contribution in [0.2, 0.25) is 5.02 Å². The second-order valence-corrected chi connectivity index (χ2v) is 5.57. The maximum atomic E-state index is 12.5. The van der Waals surface area contributed by atoms with Crippen LogP contribution in [0.25, 0.3) is 11.3 Å². The number of amides is 1. The van der Waals surface area contributed by atoms with E-state index < -0.39 is 0 Å². The van der Waals surface area contributed by atoms with E-state index in [-0.39, 0.29) is 30.1 Å². The van der Waals surface area contributed by atoms with Crippen LogP contribution in [0.5, 0.6) is 0 Å². The summed E-state index contributed by atoms with van der Waals surface area (Å²) in [4.78, 5) is 14.3. The lowest BCUT2D eigenvalue weighted by atomic mass is 10.1. The van der Waals surface area contributed by atoms with Crippen molar-refractivity contribution in [1.29, 1.82) is 0 Å². The topological polar surface area (TPSA) is 58.4 Å². The Hall–Kier alpha value is -1.56. The van der Waals surface area contributed by atoms with Crippen LogP contribution in [0.1, 0.15) is 17.5 Å². The van der Waals surface area contributed by atoms with Crippen LogP contribution >= 0.6 is 24.0 Å². The number of hydrogen-bond donors (Lipinski definition) is 1. The largest absolute Gasteiger partial charge is 0.350 e. The number of benzene rings is 1. The molecule has 118 valence electrons. The van der Waals surface area contributed by atoms with Gasteiger partial charge in [0.1, 0.15) is 5.69 Å². The molecule has 0 spiro atoms. The molecule has 3 rings (SSSR count). The van der Waals surface area contributed by atoms with Crippen molar-refractivity contribution in [3.8, 4) is 11.3 Å². The van der Waals surface area contributed by atoms with Gasteiger partial charge < -0.3 is 14.7 Å². The zero-order valence-corrected chi connectivity index (χ0v) is 13.7. The molecule has 1 fully saturated rings. The summed E-state index contributed by atoms with van der Waals surface area (Å²) in [5, 5.41) is 7.85. The smallest absolute Gasteiger partial charge is 0.292 e. The van der Waals surface area contributed by atoms with Gasteiger partial charge in [0.25, 0.3) is 5.91 Å². The first-order valence-electron chi connectivity index (χ1n) is 6.89. The van der Waals surface area contributed by atoms with Gasteiger partial charge in [-0.3, -0.25) is 4.79 Å². The van der Waals surface area contributed by atoms with Gasteiger partial charge in [-0.1, -0.05) is 28.9 Å². The number of halogens is 2. The van der Waals surface area contributed by atoms with E-state index in [1.54, 1.807) is 23.1 Å². The summed E-state index contributed by atoms with van der Waals surface area (Å²) in [7, 11) is 0. The van der Waals surface area contributed by atoms with Gasteiger partial charge in [0.15, 0.2) is 0 Å². The van der Waals surface area contributed by atoms with Crippen LogP contribution in [0.3, 0.4) is 0 Å². The lowest BCUT2D eigenvalue weighted by Gasteiger charge is -2.33. The normalized spacial score (nSPS) is 17.9. The van der Waals surface area contributed by atoms with Crippen LogP contribution in [0, 0.1) is 0 Å². The molecule has 0 bridgehead atoms. The lowest BCUT2D eigenvalue weighted by molar-refractivity contribution is 0.0613. The highest BCUT2D eigenvalue weighted by Gasteiger charge is 2.27. The molecule has 1 aliphatic heterocycles. The van der Waals surface area contributed by atoms with Crippen LogP contribution in [0.15, 0.2) is 34.9 Å². The molecule has 1 aromatic heterocycles. The fourth-order valence-electron chi connectivity index (χ4n) is 2.44. The first-order chi connectivity index (χ1) is 10.1. The Morgan fingerprint density at radius 1 is 1.45 bits per heavy atom. The first-order valence-corrected chi connectivity index (χ1v) is 7.27. The zero-order valence-electron chi connectivity index (χ0n) is 12.1. The summed E-state index contributed by atoms with van der Waals surface area (Å²) in [6.07, 6.45) is 0. The minimum absolute atomic E-state index is 0. The molecule has 0 unspecified atom stereocenters. The average Bonchev–Trinajstić information content (AvgIpc) is 2.97. The number of piperazine rings is 1. The van der Waals surface area contributed by atoms with Gasteiger partial charge in [0, 0.05) is 42.3 Å². The van der Waals surface area contributed by atoms with E-state index in [4.69, 9.17) is 16.1 Å². The van der Waals surface area contributed by atoms with Gasteiger partial charge in [-0.05, 0) is 19.1 Å². The summed E-state index contributed by atoms with van der Waals surface area (Å²) in [6.45, 7) is 4.28. The van der Waals surface area contributed by atoms with Crippen LogP contribution in [-0.2, 0) is 0 Å². The minimum atomic E-state index is -0.121. The summed E-state index contributed by atoms with van der Waals surface area (Å²) in [6, 6.07) is 9.12. The van der Waals surface area contributed by atoms with Crippen molar-refractivity contribution >= 4 is 29.9 Å². The number of carbonyl (C=O) groups is 1. The molecule has 0 aliphatic carbocycles. The molecule has 0 saturated carbocycles. The van der Waals surface area contributed by atoms with Crippen molar-refractivity contribution in [3.05, 3.63) is 41.1 Å². The van der Waals surface area contributed by atoms with Crippen LogP contribution in [0.4, 0.5) is 0 Å². The first kappa shape index (κ1) is 16.8. The van der Waals surface area contributed by atoms with Gasteiger partial charge in [-0.15, -0.1) is 12.4 Å². The number of rotatable bonds is 2. The third-order valence-electron chi connectivity index (χ3n) is 3.60. The number of hydrogen-bond acceptors (Lipinski definition) is 4. The highest BCUT2D eigenvalue weighted by atomic mass is 35.5. The van der Waals surface area contributed by atoms with E-state index in [1.165, 1.54) is 0 Å². The van der Waals surface area contributed by atoms with Crippen molar-refractivity contribution in [1.82, 2.24) is 15.4 Å².